The fraction of sp³-hybridized carbons (Fsp3) is 0.375. The SMILES string of the molecule is O=C1C=CC2=C(C1)OC(C[P+](=S)S)N2Cl. The Bertz CT molecular complexity index is 396. The van der Waals surface area contributed by atoms with Crippen molar-refractivity contribution in [1.82, 2.24) is 4.42 Å². The van der Waals surface area contributed by atoms with Gasteiger partial charge in [-0.25, -0.2) is 4.42 Å². The number of carbonyl (C=O) groups excluding carboxylic acids is 1. The van der Waals surface area contributed by atoms with Crippen molar-refractivity contribution in [3.8, 4) is 0 Å². The fourth-order valence-corrected chi connectivity index (χ4v) is 3.14. The second-order valence-electron chi connectivity index (χ2n) is 3.20. The molecule has 1 heterocycles. The number of rotatable bonds is 2. The van der Waals surface area contributed by atoms with Crippen LogP contribution in [0, 0.1) is 0 Å². The molecule has 0 saturated carbocycles. The number of carbonyl (C=O) groups is 1. The molecule has 0 aromatic rings. The summed E-state index contributed by atoms with van der Waals surface area (Å²) in [6, 6.07) is 0. The Hall–Kier alpha value is -0.0900. The van der Waals surface area contributed by atoms with Crippen molar-refractivity contribution in [2.75, 3.05) is 6.16 Å². The van der Waals surface area contributed by atoms with Gasteiger partial charge in [-0.2, -0.15) is 0 Å². The van der Waals surface area contributed by atoms with Gasteiger partial charge in [-0.3, -0.25) is 4.79 Å². The van der Waals surface area contributed by atoms with Crippen molar-refractivity contribution in [2.24, 2.45) is 0 Å². The van der Waals surface area contributed by atoms with Gasteiger partial charge in [0.2, 0.25) is 12.1 Å². The fourth-order valence-electron chi connectivity index (χ4n) is 1.47. The summed E-state index contributed by atoms with van der Waals surface area (Å²) in [6.07, 6.45) is 3.79. The Morgan fingerprint density at radius 1 is 1.73 bits per heavy atom. The number of nitrogens with zero attached hydrogens (tertiary/aromatic N) is 1. The Kier molecular flexibility index (Phi) is 3.36. The van der Waals surface area contributed by atoms with E-state index < -0.39 is 5.90 Å². The van der Waals surface area contributed by atoms with E-state index in [0.717, 1.165) is 5.70 Å². The minimum Gasteiger partial charge on any atom is -0.466 e. The number of halogens is 1. The van der Waals surface area contributed by atoms with Gasteiger partial charge in [-0.15, -0.1) is 0 Å². The van der Waals surface area contributed by atoms with Crippen molar-refractivity contribution >= 4 is 47.5 Å². The lowest BCUT2D eigenvalue weighted by molar-refractivity contribution is -0.114. The molecule has 0 aromatic carbocycles. The molecular formula is C8H8ClNO2PS2+. The van der Waals surface area contributed by atoms with E-state index >= 15 is 0 Å². The largest absolute Gasteiger partial charge is 0.466 e. The lowest BCUT2D eigenvalue weighted by Crippen LogP contribution is -2.23. The predicted octanol–water partition coefficient (Wildman–Crippen LogP) is 2.33. The van der Waals surface area contributed by atoms with E-state index in [1.165, 1.54) is 10.5 Å². The van der Waals surface area contributed by atoms with Gasteiger partial charge in [0.15, 0.2) is 23.8 Å². The molecule has 0 radical (unpaired) electrons. The quantitative estimate of drug-likeness (QED) is 0.478. The normalized spacial score (nSPS) is 25.5. The molecule has 80 valence electrons. The minimum absolute atomic E-state index is 0.0333. The van der Waals surface area contributed by atoms with E-state index in [1.54, 1.807) is 6.08 Å². The molecule has 15 heavy (non-hydrogen) atoms. The molecule has 0 aromatic heterocycles. The zero-order valence-electron chi connectivity index (χ0n) is 7.59. The van der Waals surface area contributed by atoms with Crippen LogP contribution in [0.4, 0.5) is 0 Å². The molecule has 2 atom stereocenters. The van der Waals surface area contributed by atoms with Gasteiger partial charge < -0.3 is 4.74 Å². The maximum absolute atomic E-state index is 11.1. The van der Waals surface area contributed by atoms with E-state index in [9.17, 15) is 4.79 Å². The Morgan fingerprint density at radius 3 is 3.13 bits per heavy atom. The van der Waals surface area contributed by atoms with Gasteiger partial charge >= 0.3 is 0 Å². The third kappa shape index (κ3) is 2.36. The summed E-state index contributed by atoms with van der Waals surface area (Å²) in [5.41, 5.74) is 0.765. The van der Waals surface area contributed by atoms with E-state index in [4.69, 9.17) is 28.3 Å². The average molecular weight is 281 g/mol. The molecule has 0 saturated heterocycles. The van der Waals surface area contributed by atoms with E-state index in [2.05, 4.69) is 12.2 Å². The number of allylic oxidation sites excluding steroid dienone is 3. The van der Waals surface area contributed by atoms with Crippen LogP contribution in [-0.4, -0.2) is 22.6 Å². The maximum Gasteiger partial charge on any atom is 0.248 e. The summed E-state index contributed by atoms with van der Waals surface area (Å²) in [5, 5.41) is 0. The van der Waals surface area contributed by atoms with Crippen LogP contribution in [0.25, 0.3) is 0 Å². The average Bonchev–Trinajstić information content (AvgIpc) is 2.42. The summed E-state index contributed by atoms with van der Waals surface area (Å²) in [7, 11) is 0. The molecule has 0 amide bonds. The Balaban J connectivity index is 2.14. The van der Waals surface area contributed by atoms with Gasteiger partial charge in [0.05, 0.1) is 24.4 Å². The summed E-state index contributed by atoms with van der Waals surface area (Å²) < 4.78 is 7.06. The summed E-state index contributed by atoms with van der Waals surface area (Å²) in [6.45, 7) is 0. The first-order chi connectivity index (χ1) is 7.08. The van der Waals surface area contributed by atoms with Crippen LogP contribution in [0.1, 0.15) is 6.42 Å². The molecule has 1 aliphatic carbocycles. The summed E-state index contributed by atoms with van der Waals surface area (Å²) >= 11 is 15.3. The molecule has 0 spiro atoms. The van der Waals surface area contributed by atoms with Crippen molar-refractivity contribution in [3.63, 3.8) is 0 Å². The number of thiol groups is 1. The van der Waals surface area contributed by atoms with Crippen molar-refractivity contribution in [3.05, 3.63) is 23.6 Å². The molecule has 7 heteroatoms. The molecule has 1 aliphatic heterocycles. The van der Waals surface area contributed by atoms with Crippen molar-refractivity contribution < 1.29 is 9.53 Å². The zero-order valence-corrected chi connectivity index (χ0v) is 11.0. The van der Waals surface area contributed by atoms with Crippen LogP contribution in [0.2, 0.25) is 0 Å². The number of ketones is 1. The van der Waals surface area contributed by atoms with Crippen molar-refractivity contribution in [1.29, 1.82) is 0 Å². The zero-order chi connectivity index (χ0) is 11.0. The highest BCUT2D eigenvalue weighted by atomic mass is 35.5. The van der Waals surface area contributed by atoms with E-state index in [-0.39, 0.29) is 18.4 Å². The molecule has 0 N–H and O–H groups in total. The first-order valence-corrected chi connectivity index (χ1v) is 8.30. The second kappa shape index (κ2) is 4.42. The molecule has 2 rings (SSSR count). The highest BCUT2D eigenvalue weighted by molar-refractivity contribution is 8.56. The number of hydrogen-bond acceptors (Lipinski definition) is 4. The minimum atomic E-state index is -0.786. The molecule has 2 unspecified atom stereocenters. The highest BCUT2D eigenvalue weighted by Gasteiger charge is 2.36. The van der Waals surface area contributed by atoms with Crippen LogP contribution in [0.15, 0.2) is 23.6 Å². The maximum atomic E-state index is 11.1. The Morgan fingerprint density at radius 2 is 2.47 bits per heavy atom. The van der Waals surface area contributed by atoms with E-state index in [0.29, 0.717) is 11.9 Å². The van der Waals surface area contributed by atoms with Crippen LogP contribution in [0.3, 0.4) is 0 Å². The van der Waals surface area contributed by atoms with Gasteiger partial charge in [-0.05, 0) is 12.2 Å². The lowest BCUT2D eigenvalue weighted by atomic mass is 10.1. The second-order valence-corrected chi connectivity index (χ2v) is 8.22. The monoisotopic (exact) mass is 280 g/mol. The van der Waals surface area contributed by atoms with Crippen LogP contribution in [-0.2, 0) is 21.3 Å². The van der Waals surface area contributed by atoms with Gasteiger partial charge in [0.1, 0.15) is 5.76 Å². The molecule has 0 bridgehead atoms. The number of ether oxygens (including phenoxy) is 1. The highest BCUT2D eigenvalue weighted by Crippen LogP contribution is 2.38. The van der Waals surface area contributed by atoms with Crippen LogP contribution < -0.4 is 0 Å². The Labute approximate surface area is 104 Å². The van der Waals surface area contributed by atoms with E-state index in [1.807, 2.05) is 0 Å². The van der Waals surface area contributed by atoms with Crippen molar-refractivity contribution in [2.45, 2.75) is 12.6 Å². The van der Waals surface area contributed by atoms with Crippen LogP contribution in [0.5, 0.6) is 0 Å². The lowest BCUT2D eigenvalue weighted by Gasteiger charge is -2.14. The first-order valence-electron chi connectivity index (χ1n) is 4.27. The summed E-state index contributed by atoms with van der Waals surface area (Å²) in [5.74, 6) is -0.111. The summed E-state index contributed by atoms with van der Waals surface area (Å²) in [4.78, 5) is 11.1. The first kappa shape index (κ1) is 11.4. The third-order valence-electron chi connectivity index (χ3n) is 2.12. The third-order valence-corrected chi connectivity index (χ3v) is 4.08. The molecule has 0 fully saturated rings. The number of hydrogen-bond donors (Lipinski definition) is 1. The molecule has 3 nitrogen and oxygen atoms in total. The van der Waals surface area contributed by atoms with Gasteiger partial charge in [0, 0.05) is 11.8 Å². The molecular weight excluding hydrogens is 273 g/mol. The predicted molar refractivity (Wildman–Crippen MR) is 66.5 cm³/mol. The van der Waals surface area contributed by atoms with Gasteiger partial charge in [-0.1, -0.05) is 0 Å². The topological polar surface area (TPSA) is 29.5 Å². The van der Waals surface area contributed by atoms with Crippen LogP contribution >= 0.6 is 29.9 Å². The van der Waals surface area contributed by atoms with Gasteiger partial charge in [0.25, 0.3) is 0 Å². The smallest absolute Gasteiger partial charge is 0.248 e. The standard InChI is InChI=1S/C8H7ClNO2PS2/c9-10-6-2-1-5(11)3-7(6)12-8(10)4-13(14)15/h1-2,8H,3-4H2/p+1. The molecule has 2 aliphatic rings.